The molecule has 1 atom stereocenters. The molecule has 3 aromatic rings. The normalized spacial score (nSPS) is 12.2. The van der Waals surface area contributed by atoms with Crippen LogP contribution in [-0.4, -0.2) is 29.7 Å². The molecule has 0 saturated carbocycles. The standard InChI is InChI=1S/C19H18F2N2O4/c1-11(17-22-13-6-4-5-7-14(13)23(17)19(20)21)27-18(24)12-8-9-15(25-2)16(10-12)26-3/h4-11,19H,1-3H3. The van der Waals surface area contributed by atoms with Crippen molar-refractivity contribution in [2.45, 2.75) is 19.6 Å². The van der Waals surface area contributed by atoms with Crippen molar-refractivity contribution in [1.29, 1.82) is 0 Å². The average Bonchev–Trinajstić information content (AvgIpc) is 3.07. The molecule has 6 nitrogen and oxygen atoms in total. The van der Waals surface area contributed by atoms with E-state index in [9.17, 15) is 13.6 Å². The summed E-state index contributed by atoms with van der Waals surface area (Å²) in [5, 5.41) is 0. The number of carbonyl (C=O) groups excluding carboxylic acids is 1. The Bertz CT molecular complexity index is 971. The van der Waals surface area contributed by atoms with E-state index >= 15 is 0 Å². The van der Waals surface area contributed by atoms with Crippen molar-refractivity contribution in [1.82, 2.24) is 9.55 Å². The van der Waals surface area contributed by atoms with Crippen LogP contribution in [0.1, 0.15) is 35.8 Å². The van der Waals surface area contributed by atoms with Crippen molar-refractivity contribution < 1.29 is 27.8 Å². The fourth-order valence-corrected chi connectivity index (χ4v) is 2.80. The molecule has 142 valence electrons. The molecule has 8 heteroatoms. The number of carbonyl (C=O) groups is 1. The van der Waals surface area contributed by atoms with E-state index in [1.807, 2.05) is 0 Å². The smallest absolute Gasteiger partial charge is 0.338 e. The Kier molecular flexibility index (Phi) is 5.25. The Hall–Kier alpha value is -3.16. The largest absolute Gasteiger partial charge is 0.493 e. The van der Waals surface area contributed by atoms with E-state index < -0.39 is 18.6 Å². The van der Waals surface area contributed by atoms with E-state index in [2.05, 4.69) is 4.98 Å². The highest BCUT2D eigenvalue weighted by Crippen LogP contribution is 2.30. The number of methoxy groups -OCH3 is 2. The maximum atomic E-state index is 13.5. The fraction of sp³-hybridized carbons (Fsp3) is 0.263. The van der Waals surface area contributed by atoms with Crippen LogP contribution in [0.4, 0.5) is 8.78 Å². The summed E-state index contributed by atoms with van der Waals surface area (Å²) in [6, 6.07) is 11.1. The molecule has 0 bridgehead atoms. The number of esters is 1. The van der Waals surface area contributed by atoms with Crippen LogP contribution in [-0.2, 0) is 4.74 Å². The van der Waals surface area contributed by atoms with E-state index in [-0.39, 0.29) is 16.9 Å². The third-order valence-corrected chi connectivity index (χ3v) is 4.08. The maximum Gasteiger partial charge on any atom is 0.338 e. The van der Waals surface area contributed by atoms with Gasteiger partial charge in [0.1, 0.15) is 0 Å². The number of halogens is 2. The number of alkyl halides is 2. The molecular formula is C19H18F2N2O4. The van der Waals surface area contributed by atoms with Gasteiger partial charge in [-0.1, -0.05) is 12.1 Å². The molecule has 3 rings (SSSR count). The number of imidazole rings is 1. The average molecular weight is 376 g/mol. The first kappa shape index (κ1) is 18.6. The van der Waals surface area contributed by atoms with Crippen LogP contribution in [0.5, 0.6) is 11.5 Å². The van der Waals surface area contributed by atoms with Gasteiger partial charge in [0.2, 0.25) is 0 Å². The van der Waals surface area contributed by atoms with Gasteiger partial charge in [0.15, 0.2) is 23.4 Å². The van der Waals surface area contributed by atoms with Crippen LogP contribution in [0.2, 0.25) is 0 Å². The lowest BCUT2D eigenvalue weighted by atomic mass is 10.2. The van der Waals surface area contributed by atoms with Crippen LogP contribution in [0.15, 0.2) is 42.5 Å². The number of nitrogens with zero attached hydrogens (tertiary/aromatic N) is 2. The second-order valence-corrected chi connectivity index (χ2v) is 5.72. The SMILES string of the molecule is COc1ccc(C(=O)OC(C)c2nc3ccccc3n2C(F)F)cc1OC. The predicted octanol–water partition coefficient (Wildman–Crippen LogP) is 4.37. The summed E-state index contributed by atoms with van der Waals surface area (Å²) in [5.74, 6) is 0.109. The molecule has 0 N–H and O–H groups in total. The van der Waals surface area contributed by atoms with E-state index in [1.165, 1.54) is 33.3 Å². The minimum absolute atomic E-state index is 0.0278. The Morgan fingerprint density at radius 2 is 1.78 bits per heavy atom. The Morgan fingerprint density at radius 3 is 2.44 bits per heavy atom. The van der Waals surface area contributed by atoms with Gasteiger partial charge in [-0.3, -0.25) is 4.57 Å². The topological polar surface area (TPSA) is 62.6 Å². The summed E-state index contributed by atoms with van der Waals surface area (Å²) < 4.78 is 43.5. The molecule has 0 aliphatic rings. The van der Waals surface area contributed by atoms with Crippen molar-refractivity contribution >= 4 is 17.0 Å². The molecule has 27 heavy (non-hydrogen) atoms. The zero-order valence-corrected chi connectivity index (χ0v) is 15.0. The molecule has 1 aromatic heterocycles. The number of rotatable bonds is 6. The molecule has 0 saturated heterocycles. The van der Waals surface area contributed by atoms with Gasteiger partial charge in [-0.05, 0) is 37.3 Å². The van der Waals surface area contributed by atoms with Crippen molar-refractivity contribution in [2.75, 3.05) is 14.2 Å². The lowest BCUT2D eigenvalue weighted by Gasteiger charge is -2.16. The highest BCUT2D eigenvalue weighted by Gasteiger charge is 2.25. The molecule has 0 spiro atoms. The van der Waals surface area contributed by atoms with E-state index in [0.717, 1.165) is 4.57 Å². The number of fused-ring (bicyclic) bond motifs is 1. The van der Waals surface area contributed by atoms with E-state index in [1.54, 1.807) is 30.3 Å². The van der Waals surface area contributed by atoms with Gasteiger partial charge < -0.3 is 14.2 Å². The molecule has 0 fully saturated rings. The summed E-state index contributed by atoms with van der Waals surface area (Å²) in [6.45, 7) is -1.31. The number of hydrogen-bond acceptors (Lipinski definition) is 5. The number of benzene rings is 2. The van der Waals surface area contributed by atoms with Crippen LogP contribution in [0.3, 0.4) is 0 Å². The number of para-hydroxylation sites is 2. The second-order valence-electron chi connectivity index (χ2n) is 5.72. The molecule has 0 aliphatic carbocycles. The van der Waals surface area contributed by atoms with Crippen LogP contribution in [0, 0.1) is 0 Å². The van der Waals surface area contributed by atoms with Crippen LogP contribution >= 0.6 is 0 Å². The Balaban J connectivity index is 1.89. The quantitative estimate of drug-likeness (QED) is 0.598. The highest BCUT2D eigenvalue weighted by molar-refractivity contribution is 5.90. The van der Waals surface area contributed by atoms with Gasteiger partial charge >= 0.3 is 12.5 Å². The summed E-state index contributed by atoms with van der Waals surface area (Å²) in [6.07, 6.45) is -0.980. The van der Waals surface area contributed by atoms with Crippen molar-refractivity contribution in [3.8, 4) is 11.5 Å². The molecule has 0 aliphatic heterocycles. The molecule has 1 heterocycles. The van der Waals surface area contributed by atoms with E-state index in [0.29, 0.717) is 17.0 Å². The Labute approximate surface area is 154 Å². The Morgan fingerprint density at radius 1 is 1.07 bits per heavy atom. The predicted molar refractivity (Wildman–Crippen MR) is 94.4 cm³/mol. The molecule has 0 radical (unpaired) electrons. The zero-order valence-electron chi connectivity index (χ0n) is 15.0. The van der Waals surface area contributed by atoms with Gasteiger partial charge in [0.25, 0.3) is 0 Å². The third-order valence-electron chi connectivity index (χ3n) is 4.08. The molecule has 1 unspecified atom stereocenters. The first-order valence-electron chi connectivity index (χ1n) is 8.14. The zero-order chi connectivity index (χ0) is 19.6. The van der Waals surface area contributed by atoms with Crippen molar-refractivity contribution in [3.05, 3.63) is 53.9 Å². The summed E-state index contributed by atoms with van der Waals surface area (Å²) >= 11 is 0. The molecule has 2 aromatic carbocycles. The monoisotopic (exact) mass is 376 g/mol. The summed E-state index contributed by atoms with van der Waals surface area (Å²) in [5.41, 5.74) is 0.887. The second kappa shape index (κ2) is 7.61. The van der Waals surface area contributed by atoms with Crippen molar-refractivity contribution in [3.63, 3.8) is 0 Å². The van der Waals surface area contributed by atoms with Crippen molar-refractivity contribution in [2.24, 2.45) is 0 Å². The number of ether oxygens (including phenoxy) is 3. The lowest BCUT2D eigenvalue weighted by Crippen LogP contribution is -2.14. The lowest BCUT2D eigenvalue weighted by molar-refractivity contribution is 0.0233. The summed E-state index contributed by atoms with van der Waals surface area (Å²) in [7, 11) is 2.92. The van der Waals surface area contributed by atoms with Crippen LogP contribution < -0.4 is 9.47 Å². The van der Waals surface area contributed by atoms with Gasteiger partial charge in [-0.25, -0.2) is 9.78 Å². The van der Waals surface area contributed by atoms with Gasteiger partial charge in [0, 0.05) is 0 Å². The number of hydrogen-bond donors (Lipinski definition) is 0. The third kappa shape index (κ3) is 3.55. The number of aromatic nitrogens is 2. The minimum atomic E-state index is -2.81. The fourth-order valence-electron chi connectivity index (χ4n) is 2.80. The highest BCUT2D eigenvalue weighted by atomic mass is 19.3. The molecular weight excluding hydrogens is 358 g/mol. The minimum Gasteiger partial charge on any atom is -0.493 e. The summed E-state index contributed by atoms with van der Waals surface area (Å²) in [4.78, 5) is 16.7. The molecule has 0 amide bonds. The maximum absolute atomic E-state index is 13.5. The van der Waals surface area contributed by atoms with Gasteiger partial charge in [-0.15, -0.1) is 0 Å². The van der Waals surface area contributed by atoms with E-state index in [4.69, 9.17) is 14.2 Å². The van der Waals surface area contributed by atoms with Gasteiger partial charge in [0.05, 0.1) is 30.8 Å². The first-order chi connectivity index (χ1) is 13.0. The van der Waals surface area contributed by atoms with Crippen LogP contribution in [0.25, 0.3) is 11.0 Å². The first-order valence-corrected chi connectivity index (χ1v) is 8.14. The van der Waals surface area contributed by atoms with Gasteiger partial charge in [-0.2, -0.15) is 8.78 Å².